The number of carbonyl (C=O) groups excluding carboxylic acids is 1. The predicted molar refractivity (Wildman–Crippen MR) is 87.2 cm³/mol. The average Bonchev–Trinajstić information content (AvgIpc) is 3.05. The lowest BCUT2D eigenvalue weighted by atomic mass is 10.0. The molecule has 0 aromatic heterocycles. The first-order chi connectivity index (χ1) is 11.1. The van der Waals surface area contributed by atoms with Crippen molar-refractivity contribution in [1.29, 1.82) is 0 Å². The lowest BCUT2D eigenvalue weighted by Gasteiger charge is -2.25. The van der Waals surface area contributed by atoms with Gasteiger partial charge in [-0.1, -0.05) is 42.5 Å². The Hall–Kier alpha value is -2.62. The summed E-state index contributed by atoms with van der Waals surface area (Å²) in [4.78, 5) is 25.6. The molecule has 1 fully saturated rings. The maximum atomic E-state index is 12.7. The Labute approximate surface area is 135 Å². The Bertz CT molecular complexity index is 712. The molecule has 0 bridgehead atoms. The first-order valence-electron chi connectivity index (χ1n) is 7.82. The molecule has 3 rings (SSSR count). The van der Waals surface area contributed by atoms with Crippen LogP contribution in [0, 0.1) is 0 Å². The minimum absolute atomic E-state index is 0.0545. The summed E-state index contributed by atoms with van der Waals surface area (Å²) >= 11 is 0. The summed E-state index contributed by atoms with van der Waals surface area (Å²) in [6.45, 7) is 0.761. The second kappa shape index (κ2) is 6.65. The average molecular weight is 309 g/mol. The van der Waals surface area contributed by atoms with E-state index in [0.29, 0.717) is 0 Å². The molecule has 0 spiro atoms. The molecule has 23 heavy (non-hydrogen) atoms. The lowest BCUT2D eigenvalue weighted by Crippen LogP contribution is -2.31. The van der Waals surface area contributed by atoms with Gasteiger partial charge in [-0.05, 0) is 36.1 Å². The number of carbonyl (C=O) groups is 2. The van der Waals surface area contributed by atoms with Gasteiger partial charge < -0.3 is 10.0 Å². The quantitative estimate of drug-likeness (QED) is 0.943. The van der Waals surface area contributed by atoms with Crippen LogP contribution >= 0.6 is 0 Å². The zero-order chi connectivity index (χ0) is 16.2. The number of rotatable bonds is 4. The van der Waals surface area contributed by atoms with E-state index in [1.165, 1.54) is 0 Å². The zero-order valence-electron chi connectivity index (χ0n) is 12.8. The van der Waals surface area contributed by atoms with Crippen LogP contribution in [0.5, 0.6) is 0 Å². The number of hydrogen-bond donors (Lipinski definition) is 1. The van der Waals surface area contributed by atoms with Crippen molar-refractivity contribution in [3.8, 4) is 0 Å². The number of amides is 1. The highest BCUT2D eigenvalue weighted by Crippen LogP contribution is 2.32. The van der Waals surface area contributed by atoms with E-state index in [4.69, 9.17) is 5.11 Å². The van der Waals surface area contributed by atoms with Crippen LogP contribution in [0.1, 0.15) is 40.4 Å². The van der Waals surface area contributed by atoms with Gasteiger partial charge in [0.1, 0.15) is 0 Å². The van der Waals surface area contributed by atoms with Gasteiger partial charge in [-0.2, -0.15) is 0 Å². The second-order valence-corrected chi connectivity index (χ2v) is 5.84. The summed E-state index contributed by atoms with van der Waals surface area (Å²) in [7, 11) is 0. The number of nitrogens with zero attached hydrogens (tertiary/aromatic N) is 1. The van der Waals surface area contributed by atoms with Crippen LogP contribution in [-0.2, 0) is 11.2 Å². The van der Waals surface area contributed by atoms with Crippen molar-refractivity contribution in [2.45, 2.75) is 25.3 Å². The monoisotopic (exact) mass is 309 g/mol. The van der Waals surface area contributed by atoms with Gasteiger partial charge in [0.2, 0.25) is 5.91 Å². The van der Waals surface area contributed by atoms with Crippen molar-refractivity contribution >= 4 is 11.9 Å². The molecule has 1 atom stereocenters. The number of aromatic carboxylic acids is 1. The fraction of sp³-hybridized carbons (Fsp3) is 0.263. The van der Waals surface area contributed by atoms with Gasteiger partial charge in [0.25, 0.3) is 0 Å². The molecule has 0 aliphatic carbocycles. The Morgan fingerprint density at radius 1 is 1.09 bits per heavy atom. The maximum Gasteiger partial charge on any atom is 0.335 e. The lowest BCUT2D eigenvalue weighted by molar-refractivity contribution is -0.131. The van der Waals surface area contributed by atoms with E-state index in [9.17, 15) is 9.59 Å². The molecule has 1 heterocycles. The van der Waals surface area contributed by atoms with Crippen LogP contribution in [0.25, 0.3) is 0 Å². The van der Waals surface area contributed by atoms with Crippen molar-refractivity contribution in [3.05, 3.63) is 71.3 Å². The summed E-state index contributed by atoms with van der Waals surface area (Å²) in [5.74, 6) is -0.915. The molecule has 1 N–H and O–H groups in total. The molecule has 4 nitrogen and oxygen atoms in total. The van der Waals surface area contributed by atoms with Gasteiger partial charge in [-0.25, -0.2) is 4.79 Å². The van der Waals surface area contributed by atoms with Crippen molar-refractivity contribution in [2.24, 2.45) is 0 Å². The Kier molecular flexibility index (Phi) is 4.42. The second-order valence-electron chi connectivity index (χ2n) is 5.84. The van der Waals surface area contributed by atoms with E-state index >= 15 is 0 Å². The highest BCUT2D eigenvalue weighted by molar-refractivity contribution is 5.88. The summed E-state index contributed by atoms with van der Waals surface area (Å²) in [6, 6.07) is 16.8. The van der Waals surface area contributed by atoms with Gasteiger partial charge in [0.05, 0.1) is 18.0 Å². The van der Waals surface area contributed by atoms with Crippen LogP contribution in [0.4, 0.5) is 0 Å². The minimum Gasteiger partial charge on any atom is -0.478 e. The van der Waals surface area contributed by atoms with Crippen molar-refractivity contribution in [1.82, 2.24) is 4.90 Å². The topological polar surface area (TPSA) is 57.6 Å². The van der Waals surface area contributed by atoms with E-state index in [1.807, 2.05) is 23.1 Å². The highest BCUT2D eigenvalue weighted by atomic mass is 16.4. The third kappa shape index (κ3) is 3.42. The molecule has 4 heteroatoms. The van der Waals surface area contributed by atoms with Crippen LogP contribution < -0.4 is 0 Å². The molecule has 0 radical (unpaired) electrons. The van der Waals surface area contributed by atoms with Crippen molar-refractivity contribution in [3.63, 3.8) is 0 Å². The molecule has 1 saturated heterocycles. The number of carboxylic acid groups (broad SMARTS) is 1. The molecule has 2 aromatic carbocycles. The van der Waals surface area contributed by atoms with E-state index in [1.54, 1.807) is 24.3 Å². The molecular weight excluding hydrogens is 290 g/mol. The molecule has 2 aromatic rings. The molecule has 1 aliphatic rings. The molecule has 1 unspecified atom stereocenters. The Balaban J connectivity index is 1.75. The summed E-state index contributed by atoms with van der Waals surface area (Å²) in [5, 5.41) is 9.05. The smallest absolute Gasteiger partial charge is 0.335 e. The highest BCUT2D eigenvalue weighted by Gasteiger charge is 2.29. The van der Waals surface area contributed by atoms with Crippen LogP contribution in [0.15, 0.2) is 54.6 Å². The van der Waals surface area contributed by atoms with Gasteiger partial charge in [-0.3, -0.25) is 4.79 Å². The molecule has 0 saturated carbocycles. The van der Waals surface area contributed by atoms with Crippen molar-refractivity contribution in [2.75, 3.05) is 6.54 Å². The largest absolute Gasteiger partial charge is 0.478 e. The molecular formula is C19H19NO3. The van der Waals surface area contributed by atoms with Gasteiger partial charge in [0.15, 0.2) is 0 Å². The van der Waals surface area contributed by atoms with Crippen LogP contribution in [0.3, 0.4) is 0 Å². The summed E-state index contributed by atoms with van der Waals surface area (Å²) in [5.41, 5.74) is 2.13. The number of carboxylic acids is 1. The normalized spacial score (nSPS) is 17.2. The molecule has 118 valence electrons. The van der Waals surface area contributed by atoms with E-state index in [-0.39, 0.29) is 23.9 Å². The Morgan fingerprint density at radius 3 is 2.61 bits per heavy atom. The van der Waals surface area contributed by atoms with Crippen LogP contribution in [-0.4, -0.2) is 28.4 Å². The minimum atomic E-state index is -0.970. The predicted octanol–water partition coefficient (Wildman–Crippen LogP) is 3.29. The maximum absolute atomic E-state index is 12.7. The van der Waals surface area contributed by atoms with E-state index < -0.39 is 5.97 Å². The Morgan fingerprint density at radius 2 is 1.87 bits per heavy atom. The molecule has 1 aliphatic heterocycles. The van der Waals surface area contributed by atoms with Crippen LogP contribution in [0.2, 0.25) is 0 Å². The summed E-state index contributed by atoms with van der Waals surface area (Å²) < 4.78 is 0. The fourth-order valence-electron chi connectivity index (χ4n) is 3.18. The fourth-order valence-corrected chi connectivity index (χ4v) is 3.18. The number of likely N-dealkylation sites (tertiary alicyclic amines) is 1. The first-order valence-corrected chi connectivity index (χ1v) is 7.82. The summed E-state index contributed by atoms with van der Waals surface area (Å²) in [6.07, 6.45) is 2.22. The van der Waals surface area contributed by atoms with E-state index in [0.717, 1.165) is 30.5 Å². The van der Waals surface area contributed by atoms with Gasteiger partial charge in [0, 0.05) is 6.54 Å². The third-order valence-corrected chi connectivity index (χ3v) is 4.29. The third-order valence-electron chi connectivity index (χ3n) is 4.29. The van der Waals surface area contributed by atoms with Gasteiger partial charge >= 0.3 is 5.97 Å². The standard InChI is InChI=1S/C19H19NO3/c21-18(13-14-6-4-9-16(12-14)19(22)23)20-11-5-10-17(20)15-7-2-1-3-8-15/h1-4,6-9,12,17H,5,10-11,13H2,(H,22,23). The van der Waals surface area contributed by atoms with Gasteiger partial charge in [-0.15, -0.1) is 0 Å². The number of benzene rings is 2. The zero-order valence-corrected chi connectivity index (χ0v) is 12.8. The van der Waals surface area contributed by atoms with Crippen molar-refractivity contribution < 1.29 is 14.7 Å². The molecule has 1 amide bonds. The SMILES string of the molecule is O=C(O)c1cccc(CC(=O)N2CCCC2c2ccccc2)c1. The number of hydrogen-bond acceptors (Lipinski definition) is 2. The van der Waals surface area contributed by atoms with E-state index in [2.05, 4.69) is 12.1 Å². The first kappa shape index (κ1) is 15.3.